The third kappa shape index (κ3) is 4.31. The van der Waals surface area contributed by atoms with E-state index in [0.29, 0.717) is 28.3 Å². The van der Waals surface area contributed by atoms with Crippen LogP contribution >= 0.6 is 15.9 Å². The van der Waals surface area contributed by atoms with Gasteiger partial charge >= 0.3 is 0 Å². The number of benzene rings is 3. The molecule has 3 aromatic carbocycles. The Kier molecular flexibility index (Phi) is 6.75. The number of halogens is 1. The Hall–Kier alpha value is -3.58. The van der Waals surface area contributed by atoms with Crippen LogP contribution in [0.15, 0.2) is 76.8 Å². The van der Waals surface area contributed by atoms with Crippen LogP contribution in [0.4, 0.5) is 5.69 Å². The number of anilines is 1. The molecule has 1 aliphatic rings. The molecule has 1 N–H and O–H groups in total. The minimum absolute atomic E-state index is 0.0263. The number of hydrogen-bond acceptors (Lipinski definition) is 5. The largest absolute Gasteiger partial charge is 0.507 e. The second-order valence-electron chi connectivity index (χ2n) is 7.84. The van der Waals surface area contributed by atoms with Crippen molar-refractivity contribution in [3.05, 3.63) is 93.5 Å². The average Bonchev–Trinajstić information content (AvgIpc) is 3.14. The molecule has 0 aliphatic carbocycles. The van der Waals surface area contributed by atoms with Crippen LogP contribution in [0.3, 0.4) is 0 Å². The number of amides is 1. The van der Waals surface area contributed by atoms with Crippen molar-refractivity contribution in [2.45, 2.75) is 19.4 Å². The Morgan fingerprint density at radius 3 is 2.06 bits per heavy atom. The summed E-state index contributed by atoms with van der Waals surface area (Å²) in [6, 6.07) is 18.8. The first-order valence-corrected chi connectivity index (χ1v) is 11.6. The fourth-order valence-corrected chi connectivity index (χ4v) is 4.31. The molecule has 7 heteroatoms. The van der Waals surface area contributed by atoms with Gasteiger partial charge in [-0.2, -0.15) is 0 Å². The fraction of sp³-hybridized carbons (Fsp3) is 0.185. The molecular formula is C27H24BrNO5. The first-order valence-electron chi connectivity index (χ1n) is 10.8. The summed E-state index contributed by atoms with van der Waals surface area (Å²) in [4.78, 5) is 28.0. The molecule has 1 saturated heterocycles. The number of carbonyl (C=O) groups excluding carboxylic acids is 2. The van der Waals surface area contributed by atoms with Crippen LogP contribution in [0, 0.1) is 0 Å². The molecule has 3 aromatic rings. The summed E-state index contributed by atoms with van der Waals surface area (Å²) in [5.74, 6) is -0.772. The molecule has 1 amide bonds. The maximum absolute atomic E-state index is 13.4. The summed E-state index contributed by atoms with van der Waals surface area (Å²) in [6.45, 7) is 2.05. The van der Waals surface area contributed by atoms with E-state index in [0.717, 1.165) is 16.5 Å². The topological polar surface area (TPSA) is 76.1 Å². The lowest BCUT2D eigenvalue weighted by atomic mass is 9.94. The van der Waals surface area contributed by atoms with Gasteiger partial charge < -0.3 is 14.6 Å². The van der Waals surface area contributed by atoms with Crippen molar-refractivity contribution in [2.75, 3.05) is 19.1 Å². The van der Waals surface area contributed by atoms with Crippen molar-refractivity contribution in [3.8, 4) is 11.5 Å². The van der Waals surface area contributed by atoms with Gasteiger partial charge in [-0.25, -0.2) is 0 Å². The lowest BCUT2D eigenvalue weighted by molar-refractivity contribution is -0.132. The highest BCUT2D eigenvalue weighted by Gasteiger charge is 2.47. The Morgan fingerprint density at radius 1 is 0.941 bits per heavy atom. The molecule has 0 bridgehead atoms. The van der Waals surface area contributed by atoms with Crippen LogP contribution in [-0.2, 0) is 16.0 Å². The monoisotopic (exact) mass is 521 g/mol. The van der Waals surface area contributed by atoms with E-state index < -0.39 is 17.7 Å². The van der Waals surface area contributed by atoms with Crippen LogP contribution in [0.5, 0.6) is 11.5 Å². The number of methoxy groups -OCH3 is 2. The van der Waals surface area contributed by atoms with Gasteiger partial charge in [-0.05, 0) is 29.7 Å². The molecule has 1 atom stereocenters. The second kappa shape index (κ2) is 9.73. The summed E-state index contributed by atoms with van der Waals surface area (Å²) in [6.07, 6.45) is 0.854. The third-order valence-electron chi connectivity index (χ3n) is 5.88. The molecule has 0 saturated carbocycles. The third-order valence-corrected chi connectivity index (χ3v) is 6.41. The summed E-state index contributed by atoms with van der Waals surface area (Å²) in [5.41, 5.74) is 2.73. The quantitative estimate of drug-likeness (QED) is 0.257. The van der Waals surface area contributed by atoms with E-state index >= 15 is 0 Å². The van der Waals surface area contributed by atoms with E-state index in [-0.39, 0.29) is 11.3 Å². The standard InChI is InChI=1S/C27H24BrNO5/c1-4-16-5-7-17(8-6-16)24-23(25(30)18-9-11-19(28)12-10-18)26(31)27(32)29(24)20-13-21(33-2)15-22(14-20)34-3/h5-15,24,30H,4H2,1-3H3/b25-23+. The second-order valence-corrected chi connectivity index (χ2v) is 8.76. The molecule has 34 heavy (non-hydrogen) atoms. The highest BCUT2D eigenvalue weighted by Crippen LogP contribution is 2.44. The van der Waals surface area contributed by atoms with Crippen molar-refractivity contribution in [2.24, 2.45) is 0 Å². The zero-order valence-electron chi connectivity index (χ0n) is 19.0. The summed E-state index contributed by atoms with van der Waals surface area (Å²) in [5, 5.41) is 11.2. The highest BCUT2D eigenvalue weighted by atomic mass is 79.9. The number of Topliss-reactive ketones (excluding diaryl/α,β-unsaturated/α-hetero) is 1. The smallest absolute Gasteiger partial charge is 0.300 e. The number of aliphatic hydroxyl groups excluding tert-OH is 1. The van der Waals surface area contributed by atoms with E-state index in [9.17, 15) is 14.7 Å². The average molecular weight is 522 g/mol. The Morgan fingerprint density at radius 2 is 1.53 bits per heavy atom. The SMILES string of the molecule is CCc1ccc(C2/C(=C(\O)c3ccc(Br)cc3)C(=O)C(=O)N2c2cc(OC)cc(OC)c2)cc1. The number of aliphatic hydroxyl groups is 1. The van der Waals surface area contributed by atoms with Crippen LogP contribution in [0.2, 0.25) is 0 Å². The van der Waals surface area contributed by atoms with Gasteiger partial charge in [-0.3, -0.25) is 14.5 Å². The van der Waals surface area contributed by atoms with Crippen molar-refractivity contribution in [3.63, 3.8) is 0 Å². The van der Waals surface area contributed by atoms with Crippen molar-refractivity contribution >= 4 is 39.1 Å². The number of hydrogen-bond donors (Lipinski definition) is 1. The minimum Gasteiger partial charge on any atom is -0.507 e. The van der Waals surface area contributed by atoms with Crippen LogP contribution < -0.4 is 14.4 Å². The number of nitrogens with zero attached hydrogens (tertiary/aromatic N) is 1. The van der Waals surface area contributed by atoms with Gasteiger partial charge in [-0.15, -0.1) is 0 Å². The van der Waals surface area contributed by atoms with Gasteiger partial charge in [0.1, 0.15) is 17.3 Å². The first kappa shape index (κ1) is 23.6. The Labute approximate surface area is 206 Å². The van der Waals surface area contributed by atoms with Crippen molar-refractivity contribution < 1.29 is 24.2 Å². The van der Waals surface area contributed by atoms with Crippen LogP contribution in [0.1, 0.15) is 29.7 Å². The summed E-state index contributed by atoms with van der Waals surface area (Å²) >= 11 is 3.38. The molecule has 6 nitrogen and oxygen atoms in total. The van der Waals surface area contributed by atoms with Gasteiger partial charge in [0, 0.05) is 28.2 Å². The number of ether oxygens (including phenoxy) is 2. The molecule has 4 rings (SSSR count). The maximum Gasteiger partial charge on any atom is 0.300 e. The summed E-state index contributed by atoms with van der Waals surface area (Å²) < 4.78 is 11.6. The molecule has 174 valence electrons. The number of rotatable bonds is 6. The van der Waals surface area contributed by atoms with Gasteiger partial charge in [0.05, 0.1) is 31.5 Å². The minimum atomic E-state index is -0.827. The molecule has 0 radical (unpaired) electrons. The predicted molar refractivity (Wildman–Crippen MR) is 134 cm³/mol. The lowest BCUT2D eigenvalue weighted by Gasteiger charge is -2.26. The number of aryl methyl sites for hydroxylation is 1. The molecular weight excluding hydrogens is 498 g/mol. The predicted octanol–water partition coefficient (Wildman–Crippen LogP) is 5.66. The van der Waals surface area contributed by atoms with Crippen LogP contribution in [-0.4, -0.2) is 31.0 Å². The van der Waals surface area contributed by atoms with Gasteiger partial charge in [0.25, 0.3) is 11.7 Å². The fourth-order valence-electron chi connectivity index (χ4n) is 4.04. The molecule has 1 fully saturated rings. The highest BCUT2D eigenvalue weighted by molar-refractivity contribution is 9.10. The van der Waals surface area contributed by atoms with E-state index in [2.05, 4.69) is 22.9 Å². The molecule has 1 unspecified atom stereocenters. The number of ketones is 1. The number of carbonyl (C=O) groups is 2. The van der Waals surface area contributed by atoms with E-state index in [4.69, 9.17) is 9.47 Å². The molecule has 1 heterocycles. The summed E-state index contributed by atoms with van der Waals surface area (Å²) in [7, 11) is 3.03. The molecule has 0 spiro atoms. The first-order chi connectivity index (χ1) is 16.4. The Bertz CT molecular complexity index is 1240. The van der Waals surface area contributed by atoms with Gasteiger partial charge in [-0.1, -0.05) is 59.3 Å². The van der Waals surface area contributed by atoms with Gasteiger partial charge in [0.15, 0.2) is 0 Å². The normalized spacial score (nSPS) is 17.2. The van der Waals surface area contributed by atoms with E-state index in [1.54, 1.807) is 42.5 Å². The molecule has 0 aromatic heterocycles. The zero-order chi connectivity index (χ0) is 24.4. The van der Waals surface area contributed by atoms with Gasteiger partial charge in [0.2, 0.25) is 0 Å². The van der Waals surface area contributed by atoms with Crippen LogP contribution in [0.25, 0.3) is 5.76 Å². The van der Waals surface area contributed by atoms with Crippen molar-refractivity contribution in [1.29, 1.82) is 0 Å². The van der Waals surface area contributed by atoms with E-state index in [1.807, 2.05) is 24.3 Å². The maximum atomic E-state index is 13.4. The Balaban J connectivity index is 1.95. The molecule has 1 aliphatic heterocycles. The van der Waals surface area contributed by atoms with Crippen molar-refractivity contribution in [1.82, 2.24) is 0 Å². The van der Waals surface area contributed by atoms with E-state index in [1.165, 1.54) is 19.1 Å². The zero-order valence-corrected chi connectivity index (χ0v) is 20.6. The lowest BCUT2D eigenvalue weighted by Crippen LogP contribution is -2.29.